The minimum atomic E-state index is -1.07. The molecule has 6 heteroatoms. The summed E-state index contributed by atoms with van der Waals surface area (Å²) in [6.45, 7) is 8.67. The maximum atomic E-state index is 14.8. The number of allylic oxidation sites excluding steroid dienone is 4. The normalized spacial score (nSPS) is 56.6. The fourth-order valence-corrected chi connectivity index (χ4v) is 12.8. The van der Waals surface area contributed by atoms with E-state index in [0.717, 1.165) is 44.1 Å². The van der Waals surface area contributed by atoms with E-state index in [2.05, 4.69) is 51.7 Å². The van der Waals surface area contributed by atoms with E-state index in [1.54, 1.807) is 0 Å². The van der Waals surface area contributed by atoms with Crippen LogP contribution in [0.5, 0.6) is 0 Å². The number of hydrogen-bond donors (Lipinski definition) is 5. The molecule has 0 saturated heterocycles. The summed E-state index contributed by atoms with van der Waals surface area (Å²) >= 11 is 0. The van der Waals surface area contributed by atoms with Crippen LogP contribution >= 0.6 is 0 Å². The van der Waals surface area contributed by atoms with Crippen LogP contribution < -0.4 is 0 Å². The monoisotopic (exact) mass is 578 g/mol. The molecule has 0 aliphatic heterocycles. The summed E-state index contributed by atoms with van der Waals surface area (Å²) in [7, 11) is 0. The van der Waals surface area contributed by atoms with Crippen LogP contribution in [0.3, 0.4) is 0 Å². The molecule has 9 rings (SSSR count). The number of hydrogen-bond acceptors (Lipinski definition) is 6. The van der Waals surface area contributed by atoms with E-state index in [9.17, 15) is 30.3 Å². The van der Waals surface area contributed by atoms with Crippen molar-refractivity contribution in [2.75, 3.05) is 6.61 Å². The average molecular weight is 579 g/mol. The van der Waals surface area contributed by atoms with E-state index in [1.807, 2.05) is 6.08 Å². The Bertz CT molecular complexity index is 1310. The van der Waals surface area contributed by atoms with Gasteiger partial charge in [-0.3, -0.25) is 4.79 Å². The van der Waals surface area contributed by atoms with Crippen molar-refractivity contribution >= 4 is 5.78 Å². The van der Waals surface area contributed by atoms with Crippen molar-refractivity contribution in [3.8, 4) is 11.8 Å². The fraction of sp³-hybridized carbons (Fsp3) is 0.806. The van der Waals surface area contributed by atoms with Crippen molar-refractivity contribution in [3.63, 3.8) is 0 Å². The predicted octanol–water partition coefficient (Wildman–Crippen LogP) is 3.94. The second-order valence-corrected chi connectivity index (χ2v) is 16.6. The lowest BCUT2D eigenvalue weighted by molar-refractivity contribution is -0.251. The Hall–Kier alpha value is -1.49. The summed E-state index contributed by atoms with van der Waals surface area (Å²) in [6, 6.07) is 0. The largest absolute Gasteiger partial charge is 0.394 e. The molecular formula is C36H50O6. The van der Waals surface area contributed by atoms with Gasteiger partial charge in [0, 0.05) is 23.2 Å². The Morgan fingerprint density at radius 3 is 2.52 bits per heavy atom. The number of carbonyl (C=O) groups is 1. The molecule has 4 bridgehead atoms. The first kappa shape index (κ1) is 29.2. The van der Waals surface area contributed by atoms with Crippen molar-refractivity contribution in [2.24, 2.45) is 56.2 Å². The molecule has 42 heavy (non-hydrogen) atoms. The van der Waals surface area contributed by atoms with Crippen molar-refractivity contribution in [1.29, 1.82) is 0 Å². The lowest BCUT2D eigenvalue weighted by Gasteiger charge is -2.72. The van der Waals surface area contributed by atoms with Gasteiger partial charge in [-0.15, -0.1) is 5.92 Å². The Morgan fingerprint density at radius 2 is 1.79 bits per heavy atom. The highest BCUT2D eigenvalue weighted by atomic mass is 16.3. The van der Waals surface area contributed by atoms with E-state index in [4.69, 9.17) is 0 Å². The van der Waals surface area contributed by atoms with Crippen LogP contribution in [-0.4, -0.2) is 62.3 Å². The number of rotatable bonds is 2. The smallest absolute Gasteiger partial charge is 0.159 e. The molecule has 0 aromatic carbocycles. The SMILES string of the molecule is CC12CCC#CC(O)C3(CC1)C(O)CC1(C)C(=CC(=O)C4C5(C)C6C=CCC(C(O)CO)(C(O)C6)C5CCC41C)C3C2. The standard InChI is InChI=1S/C36H50O6/c1-31-11-6-5-9-26(39)35(15-14-31)23(18-31)22-17-24(38)30-32(2,33(22,3)19-28(35)41)13-10-25-34(30,4)21-8-7-12-36(25,27(40)16-21)29(42)20-37/h7-8,17,21,23,25-30,37,39-42H,6,10-16,18-20H2,1-4H3. The molecule has 14 atom stereocenters. The second kappa shape index (κ2) is 9.04. The quantitative estimate of drug-likeness (QED) is 0.250. The molecule has 0 aromatic heterocycles. The highest BCUT2D eigenvalue weighted by molar-refractivity contribution is 5.96. The molecule has 0 heterocycles. The van der Waals surface area contributed by atoms with Gasteiger partial charge < -0.3 is 25.5 Å². The van der Waals surface area contributed by atoms with E-state index < -0.39 is 58.1 Å². The van der Waals surface area contributed by atoms with Crippen LogP contribution in [0.25, 0.3) is 0 Å². The zero-order valence-electron chi connectivity index (χ0n) is 25.8. The summed E-state index contributed by atoms with van der Waals surface area (Å²) in [5.41, 5.74) is -1.93. The molecule has 5 N–H and O–H groups in total. The number of fused-ring (bicyclic) bond motifs is 9. The van der Waals surface area contributed by atoms with Crippen LogP contribution in [0.1, 0.15) is 91.9 Å². The molecule has 4 saturated carbocycles. The van der Waals surface area contributed by atoms with Crippen LogP contribution in [-0.2, 0) is 4.79 Å². The molecule has 0 aromatic rings. The van der Waals surface area contributed by atoms with Crippen LogP contribution in [0.15, 0.2) is 23.8 Å². The third-order valence-corrected chi connectivity index (χ3v) is 15.3. The van der Waals surface area contributed by atoms with Crippen molar-refractivity contribution in [1.82, 2.24) is 0 Å². The Balaban J connectivity index is 1.40. The second-order valence-electron chi connectivity index (χ2n) is 16.6. The first-order valence-electron chi connectivity index (χ1n) is 16.5. The van der Waals surface area contributed by atoms with E-state index >= 15 is 0 Å². The predicted molar refractivity (Wildman–Crippen MR) is 159 cm³/mol. The number of carbonyl (C=O) groups excluding carboxylic acids is 1. The Morgan fingerprint density at radius 1 is 1.02 bits per heavy atom. The summed E-state index contributed by atoms with van der Waals surface area (Å²) in [5, 5.41) is 56.8. The summed E-state index contributed by atoms with van der Waals surface area (Å²) < 4.78 is 0. The summed E-state index contributed by atoms with van der Waals surface area (Å²) in [5.74, 6) is 5.83. The summed E-state index contributed by atoms with van der Waals surface area (Å²) in [4.78, 5) is 14.8. The van der Waals surface area contributed by atoms with Gasteiger partial charge in [-0.1, -0.05) is 51.3 Å². The van der Waals surface area contributed by atoms with Crippen molar-refractivity contribution in [2.45, 2.75) is 116 Å². The molecule has 9 aliphatic rings. The molecule has 0 amide bonds. The van der Waals surface area contributed by atoms with Gasteiger partial charge in [-0.05, 0) is 103 Å². The van der Waals surface area contributed by atoms with Crippen molar-refractivity contribution < 1.29 is 30.3 Å². The van der Waals surface area contributed by atoms with Crippen LogP contribution in [0.2, 0.25) is 0 Å². The number of aliphatic hydroxyl groups is 5. The average Bonchev–Trinajstić information content (AvgIpc) is 3.13. The maximum Gasteiger partial charge on any atom is 0.159 e. The lowest BCUT2D eigenvalue weighted by Crippen LogP contribution is -2.72. The fourth-order valence-electron chi connectivity index (χ4n) is 12.8. The van der Waals surface area contributed by atoms with Gasteiger partial charge in [-0.2, -0.15) is 0 Å². The third kappa shape index (κ3) is 3.23. The van der Waals surface area contributed by atoms with E-state index in [0.29, 0.717) is 25.7 Å². The van der Waals surface area contributed by atoms with Crippen LogP contribution in [0.4, 0.5) is 0 Å². The molecule has 14 unspecified atom stereocenters. The van der Waals surface area contributed by atoms with Gasteiger partial charge in [0.25, 0.3) is 0 Å². The minimum absolute atomic E-state index is 0.0251. The molecule has 1 spiro atoms. The Kier molecular flexibility index (Phi) is 6.29. The topological polar surface area (TPSA) is 118 Å². The molecular weight excluding hydrogens is 528 g/mol. The van der Waals surface area contributed by atoms with Crippen molar-refractivity contribution in [3.05, 3.63) is 23.8 Å². The zero-order valence-corrected chi connectivity index (χ0v) is 25.8. The van der Waals surface area contributed by atoms with Gasteiger partial charge in [0.2, 0.25) is 0 Å². The lowest BCUT2D eigenvalue weighted by atomic mass is 9.31. The van der Waals surface area contributed by atoms with E-state index in [-0.39, 0.29) is 34.9 Å². The molecule has 230 valence electrons. The van der Waals surface area contributed by atoms with Gasteiger partial charge >= 0.3 is 0 Å². The first-order chi connectivity index (χ1) is 19.7. The zero-order chi connectivity index (χ0) is 30.1. The maximum absolute atomic E-state index is 14.8. The van der Waals surface area contributed by atoms with Gasteiger partial charge in [0.15, 0.2) is 5.78 Å². The Labute approximate surface area is 250 Å². The summed E-state index contributed by atoms with van der Waals surface area (Å²) in [6.07, 6.45) is 9.79. The molecule has 6 nitrogen and oxygen atoms in total. The molecule has 0 radical (unpaired) electrons. The molecule has 9 aliphatic carbocycles. The van der Waals surface area contributed by atoms with E-state index in [1.165, 1.54) is 0 Å². The highest BCUT2D eigenvalue weighted by Gasteiger charge is 2.75. The molecule has 4 fully saturated rings. The van der Waals surface area contributed by atoms with Gasteiger partial charge in [0.1, 0.15) is 6.10 Å². The number of aliphatic hydroxyl groups excluding tert-OH is 5. The number of ketones is 1. The van der Waals surface area contributed by atoms with Gasteiger partial charge in [0.05, 0.1) is 24.9 Å². The van der Waals surface area contributed by atoms with Crippen LogP contribution in [0, 0.1) is 68.0 Å². The third-order valence-electron chi connectivity index (χ3n) is 15.3. The first-order valence-corrected chi connectivity index (χ1v) is 16.5. The van der Waals surface area contributed by atoms with Gasteiger partial charge in [-0.25, -0.2) is 0 Å². The minimum Gasteiger partial charge on any atom is -0.394 e. The highest BCUT2D eigenvalue weighted by Crippen LogP contribution is 2.77.